The Hall–Kier alpha value is -3.10. The molecule has 1 saturated heterocycles. The van der Waals surface area contributed by atoms with Crippen molar-refractivity contribution in [3.05, 3.63) is 47.8 Å². The van der Waals surface area contributed by atoms with Crippen molar-refractivity contribution in [2.45, 2.75) is 31.9 Å². The molecule has 0 aliphatic carbocycles. The smallest absolute Gasteiger partial charge is 0.433 e. The molecule has 1 fully saturated rings. The summed E-state index contributed by atoms with van der Waals surface area (Å²) in [5.41, 5.74) is -0.392. The van der Waals surface area contributed by atoms with Gasteiger partial charge in [0.2, 0.25) is 0 Å². The topological polar surface area (TPSA) is 59.7 Å². The van der Waals surface area contributed by atoms with Crippen molar-refractivity contribution in [3.8, 4) is 17.0 Å². The Morgan fingerprint density at radius 1 is 1.07 bits per heavy atom. The van der Waals surface area contributed by atoms with Crippen LogP contribution in [0, 0.1) is 0 Å². The zero-order chi connectivity index (χ0) is 21.3. The Labute approximate surface area is 171 Å². The minimum absolute atomic E-state index is 0.0813. The fourth-order valence-corrected chi connectivity index (χ4v) is 3.67. The number of hydrogen-bond donors (Lipinski definition) is 0. The summed E-state index contributed by atoms with van der Waals surface area (Å²) in [6.07, 6.45) is 0.361. The molecule has 1 aliphatic heterocycles. The maximum Gasteiger partial charge on any atom is 0.433 e. The molecule has 0 N–H and O–H groups in total. The van der Waals surface area contributed by atoms with Gasteiger partial charge in [-0.2, -0.15) is 18.3 Å². The number of halogens is 3. The number of carbonyl (C=O) groups is 1. The van der Waals surface area contributed by atoms with Gasteiger partial charge in [-0.25, -0.2) is 9.50 Å². The second-order valence-electron chi connectivity index (χ2n) is 7.25. The molecule has 0 saturated carbocycles. The zero-order valence-electron chi connectivity index (χ0n) is 16.4. The van der Waals surface area contributed by atoms with Crippen LogP contribution in [0.15, 0.2) is 36.5 Å². The van der Waals surface area contributed by atoms with Crippen LogP contribution in [0.25, 0.3) is 16.9 Å². The molecular formula is C21H21F3N4O2. The van der Waals surface area contributed by atoms with Crippen LogP contribution in [0.5, 0.6) is 5.75 Å². The van der Waals surface area contributed by atoms with Gasteiger partial charge < -0.3 is 9.64 Å². The first kappa shape index (κ1) is 20.2. The van der Waals surface area contributed by atoms with E-state index >= 15 is 0 Å². The van der Waals surface area contributed by atoms with Crippen molar-refractivity contribution in [1.82, 2.24) is 19.5 Å². The average Bonchev–Trinajstić information content (AvgIpc) is 2.97. The molecule has 30 heavy (non-hydrogen) atoms. The van der Waals surface area contributed by atoms with Crippen LogP contribution in [0.2, 0.25) is 0 Å². The molecule has 3 aromatic rings. The minimum atomic E-state index is -4.66. The number of carbonyl (C=O) groups excluding carboxylic acids is 1. The van der Waals surface area contributed by atoms with Crippen LogP contribution < -0.4 is 4.74 Å². The summed E-state index contributed by atoms with van der Waals surface area (Å²) in [5, 5.41) is 3.85. The van der Waals surface area contributed by atoms with Crippen molar-refractivity contribution in [2.75, 3.05) is 20.2 Å². The Morgan fingerprint density at radius 2 is 1.73 bits per heavy atom. The Kier molecular flexibility index (Phi) is 5.36. The number of alkyl halides is 3. The summed E-state index contributed by atoms with van der Waals surface area (Å²) < 4.78 is 47.1. The summed E-state index contributed by atoms with van der Waals surface area (Å²) in [6.45, 7) is 1.17. The quantitative estimate of drug-likeness (QED) is 0.631. The number of fused-ring (bicyclic) bond motifs is 1. The highest BCUT2D eigenvalue weighted by molar-refractivity contribution is 6.00. The largest absolute Gasteiger partial charge is 0.497 e. The molecular weight excluding hydrogens is 397 g/mol. The molecule has 3 heterocycles. The van der Waals surface area contributed by atoms with Crippen LogP contribution in [0.3, 0.4) is 0 Å². The number of aromatic nitrogens is 3. The molecule has 158 valence electrons. The summed E-state index contributed by atoms with van der Waals surface area (Å²) >= 11 is 0. The normalized spacial score (nSPS) is 15.3. The molecule has 1 aliphatic rings. The summed E-state index contributed by atoms with van der Waals surface area (Å²) in [4.78, 5) is 19.1. The molecule has 9 heteroatoms. The Morgan fingerprint density at radius 3 is 2.33 bits per heavy atom. The van der Waals surface area contributed by atoms with Crippen molar-refractivity contribution in [2.24, 2.45) is 0 Å². The molecule has 1 aromatic carbocycles. The molecule has 0 unspecified atom stereocenters. The van der Waals surface area contributed by atoms with Gasteiger partial charge in [-0.05, 0) is 43.2 Å². The van der Waals surface area contributed by atoms with E-state index in [1.807, 2.05) is 0 Å². The number of hydrogen-bond acceptors (Lipinski definition) is 4. The maximum absolute atomic E-state index is 13.7. The Bertz CT molecular complexity index is 1050. The first-order chi connectivity index (χ1) is 14.4. The van der Waals surface area contributed by atoms with E-state index in [2.05, 4.69) is 10.1 Å². The van der Waals surface area contributed by atoms with E-state index < -0.39 is 11.9 Å². The lowest BCUT2D eigenvalue weighted by atomic mass is 10.1. The zero-order valence-corrected chi connectivity index (χ0v) is 16.4. The Balaban J connectivity index is 1.83. The van der Waals surface area contributed by atoms with Crippen LogP contribution in [-0.4, -0.2) is 45.6 Å². The van der Waals surface area contributed by atoms with Gasteiger partial charge >= 0.3 is 6.18 Å². The third-order valence-corrected chi connectivity index (χ3v) is 5.27. The van der Waals surface area contributed by atoms with Crippen molar-refractivity contribution in [1.29, 1.82) is 0 Å². The average molecular weight is 418 g/mol. The predicted molar refractivity (Wildman–Crippen MR) is 104 cm³/mol. The molecule has 0 bridgehead atoms. The van der Waals surface area contributed by atoms with E-state index in [1.165, 1.54) is 13.3 Å². The monoisotopic (exact) mass is 418 g/mol. The third-order valence-electron chi connectivity index (χ3n) is 5.27. The van der Waals surface area contributed by atoms with Gasteiger partial charge in [-0.1, -0.05) is 12.8 Å². The maximum atomic E-state index is 13.7. The molecule has 4 rings (SSSR count). The van der Waals surface area contributed by atoms with E-state index in [9.17, 15) is 18.0 Å². The molecule has 0 radical (unpaired) electrons. The summed E-state index contributed by atoms with van der Waals surface area (Å²) in [7, 11) is 1.51. The van der Waals surface area contributed by atoms with Gasteiger partial charge in [0, 0.05) is 18.7 Å². The van der Waals surface area contributed by atoms with E-state index in [1.54, 1.807) is 29.2 Å². The number of nitrogens with zero attached hydrogens (tertiary/aromatic N) is 4. The third kappa shape index (κ3) is 3.83. The first-order valence-electron chi connectivity index (χ1n) is 9.78. The number of amides is 1. The highest BCUT2D eigenvalue weighted by Crippen LogP contribution is 2.33. The van der Waals surface area contributed by atoms with Crippen LogP contribution >= 0.6 is 0 Å². The van der Waals surface area contributed by atoms with Crippen molar-refractivity contribution >= 4 is 11.6 Å². The molecule has 1 amide bonds. The van der Waals surface area contributed by atoms with Crippen LogP contribution in [-0.2, 0) is 6.18 Å². The van der Waals surface area contributed by atoms with Gasteiger partial charge in [-0.15, -0.1) is 0 Å². The lowest BCUT2D eigenvalue weighted by Crippen LogP contribution is -2.31. The van der Waals surface area contributed by atoms with Gasteiger partial charge in [0.25, 0.3) is 5.91 Å². The second kappa shape index (κ2) is 7.97. The number of likely N-dealkylation sites (tertiary alicyclic amines) is 1. The van der Waals surface area contributed by atoms with E-state index in [0.29, 0.717) is 28.9 Å². The van der Waals surface area contributed by atoms with Gasteiger partial charge in [0.1, 0.15) is 11.3 Å². The van der Waals surface area contributed by atoms with Crippen LogP contribution in [0.4, 0.5) is 13.2 Å². The number of benzene rings is 1. The molecule has 6 nitrogen and oxygen atoms in total. The lowest BCUT2D eigenvalue weighted by Gasteiger charge is -2.19. The fraction of sp³-hybridized carbons (Fsp3) is 0.381. The number of ether oxygens (including phenoxy) is 1. The summed E-state index contributed by atoms with van der Waals surface area (Å²) in [6, 6.07) is 7.50. The molecule has 0 spiro atoms. The lowest BCUT2D eigenvalue weighted by molar-refractivity contribution is -0.142. The van der Waals surface area contributed by atoms with Gasteiger partial charge in [0.05, 0.1) is 19.0 Å². The van der Waals surface area contributed by atoms with E-state index in [-0.39, 0.29) is 22.8 Å². The summed E-state index contributed by atoms with van der Waals surface area (Å²) in [5.74, 6) is 0.247. The van der Waals surface area contributed by atoms with Crippen LogP contribution in [0.1, 0.15) is 41.7 Å². The first-order valence-corrected chi connectivity index (χ1v) is 9.78. The molecule has 0 atom stereocenters. The van der Waals surface area contributed by atoms with E-state index in [4.69, 9.17) is 4.74 Å². The van der Waals surface area contributed by atoms with E-state index in [0.717, 1.165) is 31.7 Å². The SMILES string of the molecule is COc1ccc(-c2cc(C(F)(F)F)n3ncc(C(=O)N4CCCCCC4)c3n2)cc1. The minimum Gasteiger partial charge on any atom is -0.497 e. The standard InChI is InChI=1S/C21H21F3N4O2/c1-30-15-8-6-14(7-9-15)17-12-18(21(22,23)24)28-19(26-17)16(13-25-28)20(29)27-10-4-2-3-5-11-27/h6-9,12-13H,2-5,10-11H2,1H3. The number of rotatable bonds is 3. The van der Waals surface area contributed by atoms with Crippen molar-refractivity contribution in [3.63, 3.8) is 0 Å². The highest BCUT2D eigenvalue weighted by atomic mass is 19.4. The van der Waals surface area contributed by atoms with Gasteiger partial charge in [0.15, 0.2) is 11.3 Å². The predicted octanol–water partition coefficient (Wildman–Crippen LogP) is 4.44. The van der Waals surface area contributed by atoms with Crippen molar-refractivity contribution < 1.29 is 22.7 Å². The fourth-order valence-electron chi connectivity index (χ4n) is 3.67. The van der Waals surface area contributed by atoms with Gasteiger partial charge in [-0.3, -0.25) is 4.79 Å². The highest BCUT2D eigenvalue weighted by Gasteiger charge is 2.36. The second-order valence-corrected chi connectivity index (χ2v) is 7.25. The number of methoxy groups -OCH3 is 1. The molecule has 2 aromatic heterocycles.